The predicted molar refractivity (Wildman–Crippen MR) is 113 cm³/mol. The number of likely N-dealkylation sites (N-methyl/N-ethyl adjacent to an activating group) is 1. The number of rotatable bonds is 9. The Hall–Kier alpha value is -2.00. The van der Waals surface area contributed by atoms with Crippen LogP contribution in [0.25, 0.3) is 0 Å². The minimum Gasteiger partial charge on any atom is -0.496 e. The molecule has 0 heterocycles. The van der Waals surface area contributed by atoms with Gasteiger partial charge in [-0.3, -0.25) is 0 Å². The Kier molecular flexibility index (Phi) is 7.52. The molecule has 2 rings (SSSR count). The monoisotopic (exact) mass is 354 g/mol. The third kappa shape index (κ3) is 5.25. The van der Waals surface area contributed by atoms with E-state index in [2.05, 4.69) is 81.2 Å². The van der Waals surface area contributed by atoms with Gasteiger partial charge in [-0.05, 0) is 49.9 Å². The maximum absolute atomic E-state index is 5.53. The van der Waals surface area contributed by atoms with Crippen molar-refractivity contribution in [1.82, 2.24) is 5.32 Å². The number of nitrogens with one attached hydrogen (secondary N) is 1. The van der Waals surface area contributed by atoms with Gasteiger partial charge in [-0.1, -0.05) is 43.7 Å². The summed E-state index contributed by atoms with van der Waals surface area (Å²) in [5, 5.41) is 3.59. The summed E-state index contributed by atoms with van der Waals surface area (Å²) in [5.41, 5.74) is 6.58. The maximum atomic E-state index is 5.53. The van der Waals surface area contributed by atoms with Crippen LogP contribution in [0, 0.1) is 13.8 Å². The summed E-state index contributed by atoms with van der Waals surface area (Å²) in [5.74, 6) is 1.49. The molecule has 0 amide bonds. The van der Waals surface area contributed by atoms with Gasteiger partial charge in [0.15, 0.2) is 0 Å². The number of aryl methyl sites for hydroxylation is 2. The second-order valence-electron chi connectivity index (χ2n) is 7.27. The summed E-state index contributed by atoms with van der Waals surface area (Å²) in [7, 11) is 1.74. The van der Waals surface area contributed by atoms with E-state index in [1.54, 1.807) is 7.11 Å². The van der Waals surface area contributed by atoms with Gasteiger partial charge in [-0.25, -0.2) is 0 Å². The Labute approximate surface area is 159 Å². The van der Waals surface area contributed by atoms with Crippen molar-refractivity contribution in [2.24, 2.45) is 0 Å². The zero-order chi connectivity index (χ0) is 19.1. The summed E-state index contributed by atoms with van der Waals surface area (Å²) in [6.07, 6.45) is 0. The number of benzene rings is 2. The van der Waals surface area contributed by atoms with Crippen LogP contribution in [0.2, 0.25) is 0 Å². The fourth-order valence-electron chi connectivity index (χ4n) is 3.34. The van der Waals surface area contributed by atoms with Crippen LogP contribution in [-0.2, 0) is 6.54 Å². The van der Waals surface area contributed by atoms with E-state index in [1.807, 2.05) is 0 Å². The molecule has 142 valence electrons. The molecule has 0 spiro atoms. The summed E-state index contributed by atoms with van der Waals surface area (Å²) >= 11 is 0. The number of methoxy groups -OCH3 is 1. The van der Waals surface area contributed by atoms with Crippen molar-refractivity contribution in [2.75, 3.05) is 31.6 Å². The summed E-state index contributed by atoms with van der Waals surface area (Å²) in [4.78, 5) is 2.43. The van der Waals surface area contributed by atoms with Gasteiger partial charge in [0.2, 0.25) is 0 Å². The Morgan fingerprint density at radius 1 is 1.08 bits per heavy atom. The van der Waals surface area contributed by atoms with Gasteiger partial charge in [0.1, 0.15) is 5.75 Å². The molecule has 0 aliphatic heterocycles. The average Bonchev–Trinajstić information content (AvgIpc) is 2.62. The quantitative estimate of drug-likeness (QED) is 0.638. The first-order valence-corrected chi connectivity index (χ1v) is 9.66. The highest BCUT2D eigenvalue weighted by Crippen LogP contribution is 2.24. The third-order valence-electron chi connectivity index (χ3n) is 4.92. The molecule has 0 aliphatic rings. The van der Waals surface area contributed by atoms with Gasteiger partial charge in [0, 0.05) is 37.4 Å². The molecule has 2 aromatic rings. The van der Waals surface area contributed by atoms with Crippen LogP contribution in [0.15, 0.2) is 36.4 Å². The van der Waals surface area contributed by atoms with E-state index in [0.29, 0.717) is 5.92 Å². The lowest BCUT2D eigenvalue weighted by Gasteiger charge is -2.25. The van der Waals surface area contributed by atoms with E-state index in [1.165, 1.54) is 27.9 Å². The minimum atomic E-state index is 0.528. The molecular formula is C23H34N2O. The smallest absolute Gasteiger partial charge is 0.123 e. The van der Waals surface area contributed by atoms with Crippen LogP contribution < -0.4 is 15.0 Å². The molecule has 0 bridgehead atoms. The summed E-state index contributed by atoms with van der Waals surface area (Å²) in [6, 6.07) is 13.2. The van der Waals surface area contributed by atoms with Crippen LogP contribution in [0.4, 0.5) is 5.69 Å². The zero-order valence-electron chi connectivity index (χ0n) is 17.2. The molecule has 0 radical (unpaired) electrons. The largest absolute Gasteiger partial charge is 0.496 e. The van der Waals surface area contributed by atoms with E-state index in [9.17, 15) is 0 Å². The highest BCUT2D eigenvalue weighted by atomic mass is 16.5. The van der Waals surface area contributed by atoms with Gasteiger partial charge in [0.25, 0.3) is 0 Å². The maximum Gasteiger partial charge on any atom is 0.123 e. The molecule has 3 nitrogen and oxygen atoms in total. The standard InChI is InChI=1S/C23H34N2O/c1-7-25(22-10-8-18(4)14-19(22)5)13-12-24-16-21-15-20(17(2)3)9-11-23(21)26-6/h8-11,14-15,17,24H,7,12-13,16H2,1-6H3. The van der Waals surface area contributed by atoms with Crippen molar-refractivity contribution >= 4 is 5.69 Å². The first-order chi connectivity index (χ1) is 12.5. The molecule has 26 heavy (non-hydrogen) atoms. The number of nitrogens with zero attached hydrogens (tertiary/aromatic N) is 1. The average molecular weight is 355 g/mol. The van der Waals surface area contributed by atoms with Crippen molar-refractivity contribution < 1.29 is 4.74 Å². The Morgan fingerprint density at radius 2 is 1.85 bits per heavy atom. The van der Waals surface area contributed by atoms with E-state index < -0.39 is 0 Å². The molecular weight excluding hydrogens is 320 g/mol. The van der Waals surface area contributed by atoms with Gasteiger partial charge in [0.05, 0.1) is 7.11 Å². The highest BCUT2D eigenvalue weighted by molar-refractivity contribution is 5.54. The highest BCUT2D eigenvalue weighted by Gasteiger charge is 2.09. The SMILES string of the molecule is CCN(CCNCc1cc(C(C)C)ccc1OC)c1ccc(C)cc1C. The van der Waals surface area contributed by atoms with Crippen LogP contribution >= 0.6 is 0 Å². The molecule has 0 fully saturated rings. The predicted octanol–water partition coefficient (Wildman–Crippen LogP) is 5.05. The van der Waals surface area contributed by atoms with Crippen molar-refractivity contribution in [3.8, 4) is 5.75 Å². The Morgan fingerprint density at radius 3 is 2.46 bits per heavy atom. The van der Waals surface area contributed by atoms with E-state index in [-0.39, 0.29) is 0 Å². The van der Waals surface area contributed by atoms with Gasteiger partial charge in [-0.2, -0.15) is 0 Å². The lowest BCUT2D eigenvalue weighted by molar-refractivity contribution is 0.407. The molecule has 0 saturated carbocycles. The van der Waals surface area contributed by atoms with Crippen LogP contribution in [0.5, 0.6) is 5.75 Å². The van der Waals surface area contributed by atoms with Crippen LogP contribution in [0.1, 0.15) is 48.9 Å². The third-order valence-corrected chi connectivity index (χ3v) is 4.92. The first-order valence-electron chi connectivity index (χ1n) is 9.66. The Balaban J connectivity index is 1.96. The second kappa shape index (κ2) is 9.63. The molecule has 2 aromatic carbocycles. The molecule has 0 atom stereocenters. The molecule has 0 aliphatic carbocycles. The summed E-state index contributed by atoms with van der Waals surface area (Å²) in [6.45, 7) is 14.8. The molecule has 0 saturated heterocycles. The van der Waals surface area contributed by atoms with E-state index >= 15 is 0 Å². The van der Waals surface area contributed by atoms with Gasteiger partial charge < -0.3 is 15.0 Å². The molecule has 3 heteroatoms. The zero-order valence-corrected chi connectivity index (χ0v) is 17.2. The number of anilines is 1. The topological polar surface area (TPSA) is 24.5 Å². The minimum absolute atomic E-state index is 0.528. The lowest BCUT2D eigenvalue weighted by Crippen LogP contribution is -2.32. The van der Waals surface area contributed by atoms with Crippen molar-refractivity contribution in [2.45, 2.75) is 47.1 Å². The fourth-order valence-corrected chi connectivity index (χ4v) is 3.34. The Bertz CT molecular complexity index is 709. The van der Waals surface area contributed by atoms with Gasteiger partial charge >= 0.3 is 0 Å². The molecule has 0 aromatic heterocycles. The fraction of sp³-hybridized carbons (Fsp3) is 0.478. The normalized spacial score (nSPS) is 11.0. The van der Waals surface area contributed by atoms with Crippen LogP contribution in [-0.4, -0.2) is 26.7 Å². The van der Waals surface area contributed by atoms with Crippen molar-refractivity contribution in [3.63, 3.8) is 0 Å². The van der Waals surface area contributed by atoms with Crippen molar-refractivity contribution in [3.05, 3.63) is 58.7 Å². The van der Waals surface area contributed by atoms with Crippen LogP contribution in [0.3, 0.4) is 0 Å². The number of hydrogen-bond donors (Lipinski definition) is 1. The van der Waals surface area contributed by atoms with E-state index in [0.717, 1.165) is 31.9 Å². The van der Waals surface area contributed by atoms with Crippen molar-refractivity contribution in [1.29, 1.82) is 0 Å². The lowest BCUT2D eigenvalue weighted by atomic mass is 10.0. The molecule has 0 unspecified atom stereocenters. The second-order valence-corrected chi connectivity index (χ2v) is 7.27. The first kappa shape index (κ1) is 20.3. The molecule has 1 N–H and O–H groups in total. The summed E-state index contributed by atoms with van der Waals surface area (Å²) < 4.78 is 5.53. The van der Waals surface area contributed by atoms with Gasteiger partial charge in [-0.15, -0.1) is 0 Å². The number of ether oxygens (including phenoxy) is 1. The van der Waals surface area contributed by atoms with E-state index in [4.69, 9.17) is 4.74 Å². The number of hydrogen-bond acceptors (Lipinski definition) is 3.